The Morgan fingerprint density at radius 1 is 0.852 bits per heavy atom. The molecule has 0 bridgehead atoms. The zero-order valence-electron chi connectivity index (χ0n) is 15.8. The van der Waals surface area contributed by atoms with Crippen LogP contribution in [-0.4, -0.2) is 25.9 Å². The number of pyridine rings is 1. The van der Waals surface area contributed by atoms with Gasteiger partial charge in [-0.15, -0.1) is 0 Å². The van der Waals surface area contributed by atoms with Gasteiger partial charge in [-0.2, -0.15) is 0 Å². The molecule has 0 fully saturated rings. The molecule has 0 aliphatic rings. The summed E-state index contributed by atoms with van der Waals surface area (Å²) in [5.41, 5.74) is 2.44. The number of anilines is 2. The highest BCUT2D eigenvalue weighted by molar-refractivity contribution is 5.63. The van der Waals surface area contributed by atoms with Gasteiger partial charge >= 0.3 is 0 Å². The molecular weight excluding hydrogens is 344 g/mol. The summed E-state index contributed by atoms with van der Waals surface area (Å²) < 4.78 is 17.8. The highest BCUT2D eigenvalue weighted by Crippen LogP contribution is 2.39. The Balaban J connectivity index is 2.16. The summed E-state index contributed by atoms with van der Waals surface area (Å²) in [5.74, 6) is 2.05. The van der Waals surface area contributed by atoms with Crippen molar-refractivity contribution >= 4 is 11.5 Å². The van der Waals surface area contributed by atoms with Gasteiger partial charge in [0.05, 0.1) is 27.0 Å². The highest BCUT2D eigenvalue weighted by Gasteiger charge is 2.16. The third-order valence-corrected chi connectivity index (χ3v) is 4.15. The second-order valence-electron chi connectivity index (χ2n) is 5.96. The van der Waals surface area contributed by atoms with E-state index in [4.69, 9.17) is 14.2 Å². The van der Waals surface area contributed by atoms with E-state index in [1.165, 1.54) is 6.07 Å². The van der Waals surface area contributed by atoms with E-state index >= 15 is 0 Å². The first-order valence-electron chi connectivity index (χ1n) is 8.43. The van der Waals surface area contributed by atoms with Crippen molar-refractivity contribution in [2.45, 2.75) is 6.92 Å². The Morgan fingerprint density at radius 2 is 1.52 bits per heavy atom. The monoisotopic (exact) mass is 366 g/mol. The summed E-state index contributed by atoms with van der Waals surface area (Å²) in [4.78, 5) is 12.7. The van der Waals surface area contributed by atoms with Gasteiger partial charge in [0.15, 0.2) is 11.5 Å². The summed E-state index contributed by atoms with van der Waals surface area (Å²) in [5, 5.41) is 3.31. The largest absolute Gasteiger partial charge is 0.493 e. The van der Waals surface area contributed by atoms with E-state index < -0.39 is 0 Å². The molecule has 0 aliphatic heterocycles. The molecule has 1 N–H and O–H groups in total. The Hall–Kier alpha value is -3.41. The Morgan fingerprint density at radius 3 is 2.11 bits per heavy atom. The van der Waals surface area contributed by atoms with E-state index in [1.807, 2.05) is 37.3 Å². The number of hydrogen-bond acceptors (Lipinski definition) is 5. The summed E-state index contributed by atoms with van der Waals surface area (Å²) in [6, 6.07) is 16.5. The molecule has 0 radical (unpaired) electrons. The zero-order valence-corrected chi connectivity index (χ0v) is 15.8. The fraction of sp³-hybridized carbons (Fsp3) is 0.190. The van der Waals surface area contributed by atoms with E-state index in [0.29, 0.717) is 28.8 Å². The molecule has 1 aromatic heterocycles. The third-order valence-electron chi connectivity index (χ3n) is 4.15. The first-order chi connectivity index (χ1) is 13.1. The van der Waals surface area contributed by atoms with Crippen LogP contribution in [0.1, 0.15) is 5.56 Å². The van der Waals surface area contributed by atoms with Crippen molar-refractivity contribution in [3.63, 3.8) is 0 Å². The molecule has 0 saturated heterocycles. The molecule has 2 aromatic carbocycles. The van der Waals surface area contributed by atoms with Crippen LogP contribution in [-0.2, 0) is 0 Å². The molecule has 0 saturated carbocycles. The summed E-state index contributed by atoms with van der Waals surface area (Å²) in [7, 11) is 4.63. The van der Waals surface area contributed by atoms with Crippen molar-refractivity contribution in [1.29, 1.82) is 0 Å². The number of ether oxygens (including phenoxy) is 3. The first kappa shape index (κ1) is 18.4. The van der Waals surface area contributed by atoms with Crippen LogP contribution in [0.4, 0.5) is 11.5 Å². The maximum Gasteiger partial charge on any atom is 0.256 e. The van der Waals surface area contributed by atoms with Crippen LogP contribution in [0.3, 0.4) is 0 Å². The van der Waals surface area contributed by atoms with Gasteiger partial charge in [-0.25, -0.2) is 0 Å². The molecule has 3 aromatic rings. The topological polar surface area (TPSA) is 61.7 Å². The van der Waals surface area contributed by atoms with Crippen molar-refractivity contribution in [2.24, 2.45) is 0 Å². The lowest BCUT2D eigenvalue weighted by Crippen LogP contribution is -2.19. The third kappa shape index (κ3) is 3.74. The average Bonchev–Trinajstić information content (AvgIpc) is 2.67. The SMILES string of the molecule is COc1cc(-n2c(Nc3cccc(C)c3)cccc2=O)cc(OC)c1OC. The van der Waals surface area contributed by atoms with Gasteiger partial charge in [0.1, 0.15) is 5.82 Å². The predicted octanol–water partition coefficient (Wildman–Crippen LogP) is 3.92. The Bertz CT molecular complexity index is 986. The number of rotatable bonds is 6. The van der Waals surface area contributed by atoms with Gasteiger partial charge in [0.2, 0.25) is 5.75 Å². The number of aromatic nitrogens is 1. The van der Waals surface area contributed by atoms with Crippen LogP contribution >= 0.6 is 0 Å². The minimum Gasteiger partial charge on any atom is -0.493 e. The fourth-order valence-electron chi connectivity index (χ4n) is 2.92. The maximum absolute atomic E-state index is 12.7. The molecule has 6 heteroatoms. The van der Waals surface area contributed by atoms with Gasteiger partial charge in [-0.05, 0) is 30.7 Å². The molecule has 0 aliphatic carbocycles. The van der Waals surface area contributed by atoms with Crippen molar-refractivity contribution in [2.75, 3.05) is 26.6 Å². The molecule has 27 heavy (non-hydrogen) atoms. The first-order valence-corrected chi connectivity index (χ1v) is 8.43. The number of benzene rings is 2. The van der Waals surface area contributed by atoms with Crippen molar-refractivity contribution < 1.29 is 14.2 Å². The van der Waals surface area contributed by atoms with Gasteiger partial charge < -0.3 is 19.5 Å². The number of methoxy groups -OCH3 is 3. The maximum atomic E-state index is 12.7. The van der Waals surface area contributed by atoms with E-state index in [0.717, 1.165) is 11.3 Å². The van der Waals surface area contributed by atoms with Gasteiger partial charge in [0, 0.05) is 23.9 Å². The molecule has 140 valence electrons. The lowest BCUT2D eigenvalue weighted by molar-refractivity contribution is 0.324. The fourth-order valence-corrected chi connectivity index (χ4v) is 2.92. The lowest BCUT2D eigenvalue weighted by Gasteiger charge is -2.18. The molecular formula is C21H22N2O4. The molecule has 0 amide bonds. The number of hydrogen-bond donors (Lipinski definition) is 1. The lowest BCUT2D eigenvalue weighted by atomic mass is 10.2. The smallest absolute Gasteiger partial charge is 0.256 e. The second-order valence-corrected chi connectivity index (χ2v) is 5.96. The summed E-state index contributed by atoms with van der Waals surface area (Å²) in [6.07, 6.45) is 0. The van der Waals surface area contributed by atoms with Crippen molar-refractivity contribution in [3.05, 3.63) is 70.5 Å². The number of nitrogens with one attached hydrogen (secondary N) is 1. The van der Waals surface area contributed by atoms with Crippen LogP contribution in [0.5, 0.6) is 17.2 Å². The van der Waals surface area contributed by atoms with Crippen LogP contribution in [0.2, 0.25) is 0 Å². The van der Waals surface area contributed by atoms with E-state index in [-0.39, 0.29) is 5.56 Å². The molecule has 3 rings (SSSR count). The van der Waals surface area contributed by atoms with Gasteiger partial charge in [-0.3, -0.25) is 9.36 Å². The number of nitrogens with zero attached hydrogens (tertiary/aromatic N) is 1. The number of aryl methyl sites for hydroxylation is 1. The van der Waals surface area contributed by atoms with Crippen LogP contribution in [0.15, 0.2) is 59.4 Å². The van der Waals surface area contributed by atoms with Gasteiger partial charge in [-0.1, -0.05) is 18.2 Å². The molecule has 6 nitrogen and oxygen atoms in total. The molecule has 0 spiro atoms. The Kier molecular flexibility index (Phi) is 5.35. The van der Waals surface area contributed by atoms with Crippen LogP contribution in [0.25, 0.3) is 5.69 Å². The van der Waals surface area contributed by atoms with Crippen molar-refractivity contribution in [1.82, 2.24) is 4.57 Å². The highest BCUT2D eigenvalue weighted by atomic mass is 16.5. The summed E-state index contributed by atoms with van der Waals surface area (Å²) in [6.45, 7) is 2.02. The van der Waals surface area contributed by atoms with Gasteiger partial charge in [0.25, 0.3) is 5.56 Å². The normalized spacial score (nSPS) is 10.4. The van der Waals surface area contributed by atoms with Crippen LogP contribution in [0, 0.1) is 6.92 Å². The average molecular weight is 366 g/mol. The molecule has 0 unspecified atom stereocenters. The standard InChI is InChI=1S/C21H22N2O4/c1-14-7-5-8-15(11-14)22-19-9-6-10-20(24)23(19)16-12-17(25-2)21(27-4)18(13-16)26-3/h5-13,22H,1-4H3. The molecule has 0 atom stereocenters. The second kappa shape index (κ2) is 7.86. The van der Waals surface area contributed by atoms with E-state index in [9.17, 15) is 4.79 Å². The van der Waals surface area contributed by atoms with Crippen molar-refractivity contribution in [3.8, 4) is 22.9 Å². The summed E-state index contributed by atoms with van der Waals surface area (Å²) >= 11 is 0. The predicted molar refractivity (Wildman–Crippen MR) is 106 cm³/mol. The zero-order chi connectivity index (χ0) is 19.4. The Labute approximate surface area is 157 Å². The van der Waals surface area contributed by atoms with Crippen LogP contribution < -0.4 is 25.1 Å². The quantitative estimate of drug-likeness (QED) is 0.717. The minimum absolute atomic E-state index is 0.179. The molecule has 1 heterocycles. The minimum atomic E-state index is -0.179. The van der Waals surface area contributed by atoms with E-state index in [1.54, 1.807) is 44.1 Å². The van der Waals surface area contributed by atoms with E-state index in [2.05, 4.69) is 5.32 Å².